The number of nitrogens with one attached hydrogen (secondary N) is 1. The van der Waals surface area contributed by atoms with Gasteiger partial charge in [0.2, 0.25) is 5.91 Å². The van der Waals surface area contributed by atoms with Crippen LogP contribution >= 0.6 is 0 Å². The van der Waals surface area contributed by atoms with Gasteiger partial charge in [-0.25, -0.2) is 4.39 Å². The molecular formula is C17H18FN3O3. The molecule has 1 amide bonds. The third-order valence-electron chi connectivity index (χ3n) is 3.59. The molecule has 24 heavy (non-hydrogen) atoms. The first-order valence-electron chi connectivity index (χ1n) is 7.30. The second kappa shape index (κ2) is 7.08. The molecule has 2 rings (SSSR count). The zero-order valence-electron chi connectivity index (χ0n) is 13.7. The fraction of sp³-hybridized carbons (Fsp3) is 0.235. The minimum atomic E-state index is -0.696. The highest BCUT2D eigenvalue weighted by molar-refractivity contribution is 5.95. The van der Waals surface area contributed by atoms with Crippen LogP contribution in [0.3, 0.4) is 0 Å². The van der Waals surface area contributed by atoms with Crippen molar-refractivity contribution in [3.8, 4) is 0 Å². The van der Waals surface area contributed by atoms with Crippen molar-refractivity contribution in [2.24, 2.45) is 0 Å². The molecule has 1 N–H and O–H groups in total. The quantitative estimate of drug-likeness (QED) is 0.673. The van der Waals surface area contributed by atoms with Crippen molar-refractivity contribution in [1.82, 2.24) is 0 Å². The molecule has 6 nitrogen and oxygen atoms in total. The minimum Gasteiger partial charge on any atom is -0.360 e. The van der Waals surface area contributed by atoms with Crippen LogP contribution in [0.4, 0.5) is 21.5 Å². The predicted octanol–water partition coefficient (Wildman–Crippen LogP) is 3.43. The summed E-state index contributed by atoms with van der Waals surface area (Å²) in [5.74, 6) is -1.01. The topological polar surface area (TPSA) is 75.5 Å². The Kier molecular flexibility index (Phi) is 5.13. The number of benzene rings is 2. The van der Waals surface area contributed by atoms with Gasteiger partial charge in [0.15, 0.2) is 0 Å². The van der Waals surface area contributed by atoms with E-state index in [4.69, 9.17) is 0 Å². The number of hydrogen-bond acceptors (Lipinski definition) is 4. The molecule has 0 aliphatic heterocycles. The zero-order chi connectivity index (χ0) is 17.9. The summed E-state index contributed by atoms with van der Waals surface area (Å²) < 4.78 is 13.2. The Bertz CT molecular complexity index is 793. The Balaban J connectivity index is 2.15. The van der Waals surface area contributed by atoms with Gasteiger partial charge in [-0.1, -0.05) is 12.1 Å². The highest BCUT2D eigenvalue weighted by Gasteiger charge is 2.20. The second-order valence-corrected chi connectivity index (χ2v) is 5.61. The van der Waals surface area contributed by atoms with Crippen LogP contribution in [-0.2, 0) is 4.79 Å². The normalized spacial score (nSPS) is 10.3. The first kappa shape index (κ1) is 17.4. The molecule has 0 bridgehead atoms. The number of nitrogens with zero attached hydrogens (tertiary/aromatic N) is 2. The van der Waals surface area contributed by atoms with Crippen LogP contribution in [0.15, 0.2) is 36.4 Å². The van der Waals surface area contributed by atoms with E-state index in [2.05, 4.69) is 5.32 Å². The van der Waals surface area contributed by atoms with E-state index in [1.807, 2.05) is 32.0 Å². The number of nitro benzene ring substituents is 1. The van der Waals surface area contributed by atoms with Crippen molar-refractivity contribution in [3.05, 3.63) is 63.5 Å². The largest absolute Gasteiger partial charge is 0.360 e. The molecule has 0 fully saturated rings. The van der Waals surface area contributed by atoms with E-state index in [-0.39, 0.29) is 23.8 Å². The summed E-state index contributed by atoms with van der Waals surface area (Å²) in [4.78, 5) is 24.0. The number of carbonyl (C=O) groups is 1. The van der Waals surface area contributed by atoms with Crippen molar-refractivity contribution in [3.63, 3.8) is 0 Å². The van der Waals surface area contributed by atoms with E-state index >= 15 is 0 Å². The molecule has 0 unspecified atom stereocenters. The lowest BCUT2D eigenvalue weighted by atomic mass is 10.1. The molecule has 7 heteroatoms. The lowest BCUT2D eigenvalue weighted by Crippen LogP contribution is -2.30. The Morgan fingerprint density at radius 1 is 1.25 bits per heavy atom. The van der Waals surface area contributed by atoms with Crippen molar-refractivity contribution in [2.75, 3.05) is 23.8 Å². The maximum absolute atomic E-state index is 13.2. The number of carbonyl (C=O) groups excluding carboxylic acids is 1. The van der Waals surface area contributed by atoms with Gasteiger partial charge in [0.25, 0.3) is 5.69 Å². The van der Waals surface area contributed by atoms with Crippen LogP contribution in [0.5, 0.6) is 0 Å². The van der Waals surface area contributed by atoms with Gasteiger partial charge in [-0.2, -0.15) is 0 Å². The number of aryl methyl sites for hydroxylation is 2. The van der Waals surface area contributed by atoms with E-state index in [0.29, 0.717) is 5.69 Å². The molecular weight excluding hydrogens is 313 g/mol. The summed E-state index contributed by atoms with van der Waals surface area (Å²) in [5.41, 5.74) is 2.43. The number of anilines is 2. The first-order valence-corrected chi connectivity index (χ1v) is 7.30. The number of halogens is 1. The molecule has 0 aliphatic rings. The standard InChI is InChI=1S/C17H18FN3O3/c1-11-4-5-12(2)14(8-11)19-17(22)10-20(3)15-7-6-13(18)9-16(15)21(23)24/h4-9H,10H2,1-3H3,(H,19,22). The average Bonchev–Trinajstić information content (AvgIpc) is 2.50. The molecule has 0 spiro atoms. The summed E-state index contributed by atoms with van der Waals surface area (Å²) in [6.45, 7) is 3.70. The number of nitro groups is 1. The zero-order valence-corrected chi connectivity index (χ0v) is 13.7. The fourth-order valence-electron chi connectivity index (χ4n) is 2.33. The molecule has 0 saturated carbocycles. The molecule has 2 aromatic carbocycles. The van der Waals surface area contributed by atoms with Crippen LogP contribution in [0, 0.1) is 29.8 Å². The van der Waals surface area contributed by atoms with Crippen LogP contribution in [0.1, 0.15) is 11.1 Å². The van der Waals surface area contributed by atoms with Crippen molar-refractivity contribution in [1.29, 1.82) is 0 Å². The lowest BCUT2D eigenvalue weighted by Gasteiger charge is -2.19. The lowest BCUT2D eigenvalue weighted by molar-refractivity contribution is -0.384. The maximum Gasteiger partial charge on any atom is 0.295 e. The van der Waals surface area contributed by atoms with E-state index in [1.165, 1.54) is 11.0 Å². The molecule has 0 heterocycles. The van der Waals surface area contributed by atoms with Gasteiger partial charge < -0.3 is 10.2 Å². The van der Waals surface area contributed by atoms with Crippen molar-refractivity contribution < 1.29 is 14.1 Å². The minimum absolute atomic E-state index is 0.0974. The van der Waals surface area contributed by atoms with Gasteiger partial charge >= 0.3 is 0 Å². The van der Waals surface area contributed by atoms with Gasteiger partial charge in [-0.3, -0.25) is 14.9 Å². The van der Waals surface area contributed by atoms with E-state index in [0.717, 1.165) is 23.3 Å². The Labute approximate surface area is 139 Å². The van der Waals surface area contributed by atoms with Crippen LogP contribution in [0.2, 0.25) is 0 Å². The maximum atomic E-state index is 13.2. The first-order chi connectivity index (χ1) is 11.3. The number of rotatable bonds is 5. The SMILES string of the molecule is Cc1ccc(C)c(NC(=O)CN(C)c2ccc(F)cc2[N+](=O)[O-])c1. The summed E-state index contributed by atoms with van der Waals surface area (Å²) >= 11 is 0. The van der Waals surface area contributed by atoms with E-state index in [1.54, 1.807) is 7.05 Å². The fourth-order valence-corrected chi connectivity index (χ4v) is 2.33. The van der Waals surface area contributed by atoms with Crippen LogP contribution in [-0.4, -0.2) is 24.4 Å². The van der Waals surface area contributed by atoms with Crippen molar-refractivity contribution >= 4 is 23.0 Å². The Morgan fingerprint density at radius 2 is 1.96 bits per heavy atom. The molecule has 2 aromatic rings. The monoisotopic (exact) mass is 331 g/mol. The number of hydrogen-bond donors (Lipinski definition) is 1. The molecule has 126 valence electrons. The molecule has 0 atom stereocenters. The number of likely N-dealkylation sites (N-methyl/N-ethyl adjacent to an activating group) is 1. The third kappa shape index (κ3) is 4.07. The summed E-state index contributed by atoms with van der Waals surface area (Å²) in [7, 11) is 1.54. The van der Waals surface area contributed by atoms with E-state index in [9.17, 15) is 19.3 Å². The molecule has 0 radical (unpaired) electrons. The van der Waals surface area contributed by atoms with Gasteiger partial charge in [0.1, 0.15) is 11.5 Å². The summed E-state index contributed by atoms with van der Waals surface area (Å²) in [6, 6.07) is 8.96. The number of amides is 1. The van der Waals surface area contributed by atoms with Gasteiger partial charge in [-0.05, 0) is 43.2 Å². The second-order valence-electron chi connectivity index (χ2n) is 5.61. The van der Waals surface area contributed by atoms with E-state index < -0.39 is 10.7 Å². The average molecular weight is 331 g/mol. The van der Waals surface area contributed by atoms with Gasteiger partial charge in [0.05, 0.1) is 17.5 Å². The smallest absolute Gasteiger partial charge is 0.295 e. The predicted molar refractivity (Wildman–Crippen MR) is 90.9 cm³/mol. The highest BCUT2D eigenvalue weighted by atomic mass is 19.1. The van der Waals surface area contributed by atoms with Crippen molar-refractivity contribution in [2.45, 2.75) is 13.8 Å². The van der Waals surface area contributed by atoms with Gasteiger partial charge in [-0.15, -0.1) is 0 Å². The molecule has 0 aromatic heterocycles. The third-order valence-corrected chi connectivity index (χ3v) is 3.59. The Morgan fingerprint density at radius 3 is 2.62 bits per heavy atom. The molecule has 0 saturated heterocycles. The molecule has 0 aliphatic carbocycles. The van der Waals surface area contributed by atoms with Crippen LogP contribution in [0.25, 0.3) is 0 Å². The van der Waals surface area contributed by atoms with Crippen LogP contribution < -0.4 is 10.2 Å². The summed E-state index contributed by atoms with van der Waals surface area (Å²) in [5, 5.41) is 13.8. The highest BCUT2D eigenvalue weighted by Crippen LogP contribution is 2.28. The Hall–Kier alpha value is -2.96. The summed E-state index contributed by atoms with van der Waals surface area (Å²) in [6.07, 6.45) is 0. The van der Waals surface area contributed by atoms with Gasteiger partial charge in [0, 0.05) is 12.7 Å².